The number of nitrogens with one attached hydrogen (secondary N) is 1. The van der Waals surface area contributed by atoms with Crippen LogP contribution >= 0.6 is 0 Å². The molecule has 2 heterocycles. The zero-order valence-corrected chi connectivity index (χ0v) is 17.8. The largest absolute Gasteiger partial charge is 0.466 e. The second-order valence-corrected chi connectivity index (χ2v) is 7.33. The number of piperidine rings is 1. The topological polar surface area (TPSA) is 71.8 Å². The van der Waals surface area contributed by atoms with E-state index in [0.29, 0.717) is 19.7 Å². The number of hydrogen-bond acceptors (Lipinski definition) is 4. The Morgan fingerprint density at radius 1 is 1.31 bits per heavy atom. The standard InChI is InChI=1S/C22H31N5O2/c1-5-29-21(28)18-10-9-13-26(15-18)22(23-4)24-14-20-16(2)25-27(17(20)3)19-11-7-6-8-12-19/h6-8,11-12,18H,5,9-10,13-15H2,1-4H3,(H,23,24). The summed E-state index contributed by atoms with van der Waals surface area (Å²) in [5, 5.41) is 8.18. The molecule has 3 rings (SSSR count). The number of ether oxygens (including phenoxy) is 1. The lowest BCUT2D eigenvalue weighted by atomic mass is 9.98. The third-order valence-corrected chi connectivity index (χ3v) is 5.42. The Bertz CT molecular complexity index is 860. The molecule has 29 heavy (non-hydrogen) atoms. The van der Waals surface area contributed by atoms with E-state index < -0.39 is 0 Å². The van der Waals surface area contributed by atoms with E-state index in [1.54, 1.807) is 7.05 Å². The van der Waals surface area contributed by atoms with E-state index in [-0.39, 0.29) is 11.9 Å². The van der Waals surface area contributed by atoms with E-state index >= 15 is 0 Å². The summed E-state index contributed by atoms with van der Waals surface area (Å²) in [4.78, 5) is 18.7. The number of guanidine groups is 1. The van der Waals surface area contributed by atoms with Crippen LogP contribution < -0.4 is 5.32 Å². The van der Waals surface area contributed by atoms with Gasteiger partial charge in [0.2, 0.25) is 0 Å². The Labute approximate surface area is 172 Å². The number of aromatic nitrogens is 2. The lowest BCUT2D eigenvalue weighted by molar-refractivity contribution is -0.149. The molecule has 1 fully saturated rings. The van der Waals surface area contributed by atoms with Crippen LogP contribution in [0.25, 0.3) is 5.69 Å². The number of hydrogen-bond donors (Lipinski definition) is 1. The van der Waals surface area contributed by atoms with Gasteiger partial charge < -0.3 is 15.0 Å². The quantitative estimate of drug-likeness (QED) is 0.477. The molecule has 1 saturated heterocycles. The van der Waals surface area contributed by atoms with Crippen LogP contribution in [0.4, 0.5) is 0 Å². The fourth-order valence-electron chi connectivity index (χ4n) is 3.87. The predicted molar refractivity (Wildman–Crippen MR) is 114 cm³/mol. The summed E-state index contributed by atoms with van der Waals surface area (Å²) in [6.07, 6.45) is 1.82. The summed E-state index contributed by atoms with van der Waals surface area (Å²) in [7, 11) is 1.78. The zero-order chi connectivity index (χ0) is 20.8. The van der Waals surface area contributed by atoms with Crippen LogP contribution in [0.2, 0.25) is 0 Å². The van der Waals surface area contributed by atoms with Gasteiger partial charge in [-0.25, -0.2) is 4.68 Å². The van der Waals surface area contributed by atoms with Crippen molar-refractivity contribution in [2.45, 2.75) is 40.2 Å². The van der Waals surface area contributed by atoms with Crippen molar-refractivity contribution in [3.8, 4) is 5.69 Å². The third kappa shape index (κ3) is 4.78. The second-order valence-electron chi connectivity index (χ2n) is 7.33. The van der Waals surface area contributed by atoms with Crippen molar-refractivity contribution in [3.63, 3.8) is 0 Å². The predicted octanol–water partition coefficient (Wildman–Crippen LogP) is 2.84. The Kier molecular flexibility index (Phi) is 6.90. The van der Waals surface area contributed by atoms with Crippen molar-refractivity contribution in [2.75, 3.05) is 26.7 Å². The number of aliphatic imine (C=N–C) groups is 1. The van der Waals surface area contributed by atoms with Gasteiger partial charge in [0.1, 0.15) is 0 Å². The van der Waals surface area contributed by atoms with Gasteiger partial charge in [0.25, 0.3) is 0 Å². The summed E-state index contributed by atoms with van der Waals surface area (Å²) in [6.45, 7) is 8.55. The molecule has 0 amide bonds. The number of esters is 1. The zero-order valence-electron chi connectivity index (χ0n) is 17.8. The van der Waals surface area contributed by atoms with Crippen LogP contribution in [0, 0.1) is 19.8 Å². The van der Waals surface area contributed by atoms with E-state index in [1.165, 1.54) is 0 Å². The van der Waals surface area contributed by atoms with Crippen molar-refractivity contribution in [1.29, 1.82) is 0 Å². The molecule has 1 aliphatic rings. The van der Waals surface area contributed by atoms with Crippen molar-refractivity contribution < 1.29 is 9.53 Å². The third-order valence-electron chi connectivity index (χ3n) is 5.42. The fourth-order valence-corrected chi connectivity index (χ4v) is 3.87. The number of nitrogens with zero attached hydrogens (tertiary/aromatic N) is 4. The number of carbonyl (C=O) groups is 1. The van der Waals surface area contributed by atoms with Crippen LogP contribution in [0.3, 0.4) is 0 Å². The first-order valence-electron chi connectivity index (χ1n) is 10.3. The molecule has 0 saturated carbocycles. The van der Waals surface area contributed by atoms with Gasteiger partial charge in [0, 0.05) is 37.9 Å². The Hall–Kier alpha value is -2.83. The molecule has 156 valence electrons. The lowest BCUT2D eigenvalue weighted by Crippen LogP contribution is -2.48. The maximum absolute atomic E-state index is 12.1. The van der Waals surface area contributed by atoms with Crippen LogP contribution in [-0.2, 0) is 16.1 Å². The maximum atomic E-state index is 12.1. The molecule has 0 aliphatic carbocycles. The molecule has 0 bridgehead atoms. The number of likely N-dealkylation sites (tertiary alicyclic amines) is 1. The Morgan fingerprint density at radius 2 is 2.07 bits per heavy atom. The Morgan fingerprint density at radius 3 is 2.76 bits per heavy atom. The minimum Gasteiger partial charge on any atom is -0.466 e. The molecule has 1 unspecified atom stereocenters. The van der Waals surface area contributed by atoms with Gasteiger partial charge in [-0.3, -0.25) is 9.79 Å². The highest BCUT2D eigenvalue weighted by molar-refractivity contribution is 5.81. The van der Waals surface area contributed by atoms with Gasteiger partial charge >= 0.3 is 5.97 Å². The summed E-state index contributed by atoms with van der Waals surface area (Å²) in [5.41, 5.74) is 4.32. The van der Waals surface area contributed by atoms with E-state index in [1.807, 2.05) is 36.7 Å². The second kappa shape index (κ2) is 9.58. The van der Waals surface area contributed by atoms with Gasteiger partial charge in [0.05, 0.1) is 23.9 Å². The van der Waals surface area contributed by atoms with E-state index in [2.05, 4.69) is 34.3 Å². The van der Waals surface area contributed by atoms with Crippen LogP contribution in [0.15, 0.2) is 35.3 Å². The van der Waals surface area contributed by atoms with Crippen molar-refractivity contribution in [2.24, 2.45) is 10.9 Å². The number of aryl methyl sites for hydroxylation is 1. The Balaban J connectivity index is 1.68. The van der Waals surface area contributed by atoms with Crippen LogP contribution in [0.5, 0.6) is 0 Å². The van der Waals surface area contributed by atoms with E-state index in [0.717, 1.165) is 48.0 Å². The average molecular weight is 398 g/mol. The molecule has 1 atom stereocenters. The summed E-state index contributed by atoms with van der Waals surface area (Å²) in [5.74, 6) is 0.611. The molecule has 1 N–H and O–H groups in total. The van der Waals surface area contributed by atoms with Gasteiger partial charge in [-0.1, -0.05) is 18.2 Å². The summed E-state index contributed by atoms with van der Waals surface area (Å²) < 4.78 is 7.19. The molecule has 1 aromatic heterocycles. The molecule has 2 aromatic rings. The van der Waals surface area contributed by atoms with Gasteiger partial charge in [-0.05, 0) is 45.7 Å². The lowest BCUT2D eigenvalue weighted by Gasteiger charge is -2.34. The van der Waals surface area contributed by atoms with E-state index in [9.17, 15) is 4.79 Å². The minimum atomic E-state index is -0.108. The van der Waals surface area contributed by atoms with Crippen molar-refractivity contribution in [1.82, 2.24) is 20.0 Å². The molecule has 1 aliphatic heterocycles. The first-order valence-corrected chi connectivity index (χ1v) is 10.3. The molecular formula is C22H31N5O2. The highest BCUT2D eigenvalue weighted by Gasteiger charge is 2.28. The molecule has 0 radical (unpaired) electrons. The average Bonchev–Trinajstić information content (AvgIpc) is 3.03. The SMILES string of the molecule is CCOC(=O)C1CCCN(C(=NC)NCc2c(C)nn(-c3ccccc3)c2C)C1. The highest BCUT2D eigenvalue weighted by Crippen LogP contribution is 2.20. The van der Waals surface area contributed by atoms with Crippen LogP contribution in [-0.4, -0.2) is 53.4 Å². The molecule has 1 aromatic carbocycles. The van der Waals surface area contributed by atoms with E-state index in [4.69, 9.17) is 9.84 Å². The molecular weight excluding hydrogens is 366 g/mol. The maximum Gasteiger partial charge on any atom is 0.310 e. The highest BCUT2D eigenvalue weighted by atomic mass is 16.5. The number of carbonyl (C=O) groups excluding carboxylic acids is 1. The first kappa shape index (κ1) is 20.9. The normalized spacial score (nSPS) is 17.3. The van der Waals surface area contributed by atoms with Gasteiger partial charge in [-0.15, -0.1) is 0 Å². The van der Waals surface area contributed by atoms with Crippen molar-refractivity contribution in [3.05, 3.63) is 47.3 Å². The minimum absolute atomic E-state index is 0.0912. The molecule has 7 nitrogen and oxygen atoms in total. The number of para-hydroxylation sites is 1. The molecule has 0 spiro atoms. The van der Waals surface area contributed by atoms with Gasteiger partial charge in [0.15, 0.2) is 5.96 Å². The summed E-state index contributed by atoms with van der Waals surface area (Å²) in [6, 6.07) is 10.1. The smallest absolute Gasteiger partial charge is 0.310 e. The number of benzene rings is 1. The first-order chi connectivity index (χ1) is 14.0. The van der Waals surface area contributed by atoms with Crippen molar-refractivity contribution >= 4 is 11.9 Å². The summed E-state index contributed by atoms with van der Waals surface area (Å²) >= 11 is 0. The monoisotopic (exact) mass is 397 g/mol. The number of rotatable bonds is 5. The van der Waals surface area contributed by atoms with Crippen LogP contribution in [0.1, 0.15) is 36.7 Å². The fraction of sp³-hybridized carbons (Fsp3) is 0.500. The molecule has 7 heteroatoms. The van der Waals surface area contributed by atoms with Gasteiger partial charge in [-0.2, -0.15) is 5.10 Å².